The van der Waals surface area contributed by atoms with E-state index in [1.165, 1.54) is 0 Å². The van der Waals surface area contributed by atoms with Crippen LogP contribution in [0.3, 0.4) is 0 Å². The largest absolute Gasteiger partial charge is 0.387 e. The maximum absolute atomic E-state index is 13.9. The minimum absolute atomic E-state index is 0.380. The zero-order valence-corrected chi connectivity index (χ0v) is 18.3. The molecule has 5 fully saturated rings. The van der Waals surface area contributed by atoms with Gasteiger partial charge in [0, 0.05) is 31.2 Å². The summed E-state index contributed by atoms with van der Waals surface area (Å²) in [6.45, 7) is 0. The van der Waals surface area contributed by atoms with Gasteiger partial charge >= 0.3 is 0 Å². The number of benzene rings is 1. The Morgan fingerprint density at radius 2 is 1.22 bits per heavy atom. The number of rotatable bonds is 2. The summed E-state index contributed by atoms with van der Waals surface area (Å²) in [7, 11) is 0. The van der Waals surface area contributed by atoms with E-state index in [-0.39, 0.29) is 0 Å². The zero-order chi connectivity index (χ0) is 22.0. The van der Waals surface area contributed by atoms with Crippen LogP contribution in [0.25, 0.3) is 0 Å². The topological polar surface area (TPSA) is 94.5 Å². The molecule has 2 saturated heterocycles. The SMILES string of the molecule is O=C(c1ccccc1)C1(O)[C@@H]2OC3(CCCCC3)O[C@@H]2C(O)[C@@H]2OC3(CCCCC3)O[C@H]21. The van der Waals surface area contributed by atoms with E-state index in [2.05, 4.69) is 0 Å². The van der Waals surface area contributed by atoms with Crippen molar-refractivity contribution in [3.8, 4) is 0 Å². The van der Waals surface area contributed by atoms with Gasteiger partial charge in [-0.05, 0) is 25.7 Å². The fraction of sp³-hybridized carbons (Fsp3) is 0.720. The summed E-state index contributed by atoms with van der Waals surface area (Å²) in [5.74, 6) is -2.22. The van der Waals surface area contributed by atoms with Crippen molar-refractivity contribution >= 4 is 5.78 Å². The number of aliphatic hydroxyl groups excluding tert-OH is 1. The lowest BCUT2D eigenvalue weighted by Gasteiger charge is -2.45. The summed E-state index contributed by atoms with van der Waals surface area (Å²) in [6.07, 6.45) is 3.93. The third kappa shape index (κ3) is 3.06. The normalized spacial score (nSPS) is 42.0. The number of carbonyl (C=O) groups excluding carboxylic acids is 1. The number of carbonyl (C=O) groups is 1. The highest BCUT2D eigenvalue weighted by atomic mass is 16.8. The molecule has 0 aromatic heterocycles. The van der Waals surface area contributed by atoms with Crippen molar-refractivity contribution in [1.29, 1.82) is 0 Å². The molecule has 0 bridgehead atoms. The minimum Gasteiger partial charge on any atom is -0.387 e. The first-order valence-electron chi connectivity index (χ1n) is 12.2. The quantitative estimate of drug-likeness (QED) is 0.678. The van der Waals surface area contributed by atoms with Crippen molar-refractivity contribution in [3.63, 3.8) is 0 Å². The molecule has 7 heteroatoms. The van der Waals surface area contributed by atoms with Crippen molar-refractivity contribution in [1.82, 2.24) is 0 Å². The highest BCUT2D eigenvalue weighted by molar-refractivity contribution is 6.03. The molecule has 6 atom stereocenters. The monoisotopic (exact) mass is 444 g/mol. The van der Waals surface area contributed by atoms with E-state index >= 15 is 0 Å². The molecule has 174 valence electrons. The Bertz CT molecular complexity index is 816. The summed E-state index contributed by atoms with van der Waals surface area (Å²) in [6, 6.07) is 8.75. The van der Waals surface area contributed by atoms with Gasteiger partial charge in [-0.25, -0.2) is 0 Å². The number of ether oxygens (including phenoxy) is 4. The highest BCUT2D eigenvalue weighted by Crippen LogP contribution is 2.54. The van der Waals surface area contributed by atoms with E-state index in [4.69, 9.17) is 18.9 Å². The van der Waals surface area contributed by atoms with E-state index in [9.17, 15) is 15.0 Å². The van der Waals surface area contributed by atoms with Gasteiger partial charge in [0.15, 0.2) is 23.0 Å². The number of aliphatic hydroxyl groups is 2. The van der Waals surface area contributed by atoms with Crippen LogP contribution in [0.4, 0.5) is 0 Å². The van der Waals surface area contributed by atoms with Crippen LogP contribution in [0.2, 0.25) is 0 Å². The molecule has 2 spiro atoms. The second-order valence-corrected chi connectivity index (χ2v) is 10.2. The first kappa shape index (κ1) is 21.2. The first-order chi connectivity index (χ1) is 15.5. The van der Waals surface area contributed by atoms with Crippen molar-refractivity contribution in [3.05, 3.63) is 35.9 Å². The molecule has 2 N–H and O–H groups in total. The van der Waals surface area contributed by atoms with Crippen molar-refractivity contribution in [2.24, 2.45) is 0 Å². The van der Waals surface area contributed by atoms with Crippen molar-refractivity contribution in [2.45, 2.75) is 112 Å². The van der Waals surface area contributed by atoms with Crippen molar-refractivity contribution < 1.29 is 34.0 Å². The second-order valence-electron chi connectivity index (χ2n) is 10.2. The zero-order valence-electron chi connectivity index (χ0n) is 18.3. The van der Waals surface area contributed by atoms with Gasteiger partial charge in [-0.1, -0.05) is 43.2 Å². The molecule has 0 radical (unpaired) electrons. The molecular formula is C25H32O7. The molecule has 2 unspecified atom stereocenters. The first-order valence-corrected chi connectivity index (χ1v) is 12.2. The Balaban J connectivity index is 1.42. The van der Waals surface area contributed by atoms with Gasteiger partial charge in [0.05, 0.1) is 0 Å². The average molecular weight is 445 g/mol. The Morgan fingerprint density at radius 1 is 0.750 bits per heavy atom. The maximum Gasteiger partial charge on any atom is 0.199 e. The lowest BCUT2D eigenvalue weighted by Crippen LogP contribution is -2.72. The molecule has 1 aromatic carbocycles. The molecule has 3 saturated carbocycles. The molecule has 32 heavy (non-hydrogen) atoms. The van der Waals surface area contributed by atoms with Crippen LogP contribution in [-0.4, -0.2) is 63.7 Å². The molecule has 7 nitrogen and oxygen atoms in total. The van der Waals surface area contributed by atoms with Crippen LogP contribution in [-0.2, 0) is 18.9 Å². The predicted molar refractivity (Wildman–Crippen MR) is 113 cm³/mol. The number of hydrogen-bond acceptors (Lipinski definition) is 7. The van der Waals surface area contributed by atoms with E-state index in [0.717, 1.165) is 38.5 Å². The minimum atomic E-state index is -2.02. The fourth-order valence-electron chi connectivity index (χ4n) is 6.53. The summed E-state index contributed by atoms with van der Waals surface area (Å²) in [5.41, 5.74) is -1.64. The molecule has 1 aromatic rings. The third-order valence-corrected chi connectivity index (χ3v) is 8.15. The molecular weight excluding hydrogens is 412 g/mol. The second kappa shape index (κ2) is 7.58. The standard InChI is InChI=1S/C25H32O7/c26-17-18-21(31-23(29-18)12-6-2-7-13-23)25(28,20(27)16-10-4-1-5-11-16)22-19(17)30-24(32-22)14-8-3-9-15-24/h1,4-5,10-11,17-19,21-22,26,28H,2-3,6-9,12-15H2/t17?,18-,19+,21-,22-,25?/m1/s1. The average Bonchev–Trinajstić information content (AvgIpc) is 3.39. The Hall–Kier alpha value is -1.35. The van der Waals surface area contributed by atoms with Gasteiger partial charge < -0.3 is 29.2 Å². The number of hydrogen-bond donors (Lipinski definition) is 2. The van der Waals surface area contributed by atoms with Crippen LogP contribution in [0.5, 0.6) is 0 Å². The van der Waals surface area contributed by atoms with E-state index in [1.54, 1.807) is 24.3 Å². The lowest BCUT2D eigenvalue weighted by molar-refractivity contribution is -0.230. The summed E-state index contributed by atoms with van der Waals surface area (Å²) < 4.78 is 25.5. The van der Waals surface area contributed by atoms with Gasteiger partial charge in [-0.15, -0.1) is 0 Å². The van der Waals surface area contributed by atoms with Gasteiger partial charge in [0.1, 0.15) is 30.5 Å². The Kier molecular flexibility index (Phi) is 5.02. The van der Waals surface area contributed by atoms with Crippen LogP contribution in [0, 0.1) is 0 Å². The predicted octanol–water partition coefficient (Wildman–Crippen LogP) is 2.86. The summed E-state index contributed by atoms with van der Waals surface area (Å²) in [5, 5.41) is 23.5. The smallest absolute Gasteiger partial charge is 0.199 e. The van der Waals surface area contributed by atoms with Gasteiger partial charge in [-0.2, -0.15) is 0 Å². The molecule has 5 aliphatic rings. The van der Waals surface area contributed by atoms with Crippen LogP contribution < -0.4 is 0 Å². The molecule has 3 aliphatic carbocycles. The van der Waals surface area contributed by atoms with E-state index < -0.39 is 53.5 Å². The summed E-state index contributed by atoms with van der Waals surface area (Å²) in [4.78, 5) is 13.9. The highest BCUT2D eigenvalue weighted by Gasteiger charge is 2.73. The van der Waals surface area contributed by atoms with Gasteiger partial charge in [0.25, 0.3) is 0 Å². The summed E-state index contributed by atoms with van der Waals surface area (Å²) >= 11 is 0. The Morgan fingerprint density at radius 3 is 1.69 bits per heavy atom. The van der Waals surface area contributed by atoms with Crippen LogP contribution >= 0.6 is 0 Å². The van der Waals surface area contributed by atoms with Crippen LogP contribution in [0.1, 0.15) is 74.6 Å². The molecule has 2 heterocycles. The van der Waals surface area contributed by atoms with E-state index in [0.29, 0.717) is 31.2 Å². The van der Waals surface area contributed by atoms with Crippen molar-refractivity contribution in [2.75, 3.05) is 0 Å². The van der Waals surface area contributed by atoms with Gasteiger partial charge in [-0.3, -0.25) is 4.79 Å². The number of ketones is 1. The molecule has 6 rings (SSSR count). The van der Waals surface area contributed by atoms with Gasteiger partial charge in [0.2, 0.25) is 0 Å². The van der Waals surface area contributed by atoms with E-state index in [1.807, 2.05) is 6.07 Å². The molecule has 0 amide bonds. The molecule has 2 aliphatic heterocycles. The fourth-order valence-corrected chi connectivity index (χ4v) is 6.53. The third-order valence-electron chi connectivity index (χ3n) is 8.15. The van der Waals surface area contributed by atoms with Crippen LogP contribution in [0.15, 0.2) is 30.3 Å². The lowest BCUT2D eigenvalue weighted by atomic mass is 9.71. The Labute approximate surface area is 188 Å². The maximum atomic E-state index is 13.9. The number of Topliss-reactive ketones (excluding diaryl/α,β-unsaturated/α-hetero) is 1. The number of fused-ring (bicyclic) bond motifs is 2.